The summed E-state index contributed by atoms with van der Waals surface area (Å²) in [4.78, 5) is 11.0. The van der Waals surface area contributed by atoms with Gasteiger partial charge in [0.15, 0.2) is 0 Å². The van der Waals surface area contributed by atoms with Crippen LogP contribution in [0.5, 0.6) is 0 Å². The van der Waals surface area contributed by atoms with Crippen LogP contribution in [-0.2, 0) is 0 Å². The molecule has 0 spiro atoms. The van der Waals surface area contributed by atoms with Crippen molar-refractivity contribution in [2.24, 2.45) is 10.4 Å². The van der Waals surface area contributed by atoms with Crippen molar-refractivity contribution in [1.82, 2.24) is 5.12 Å². The molecule has 12 heavy (non-hydrogen) atoms. The van der Waals surface area contributed by atoms with Crippen molar-refractivity contribution in [3.63, 3.8) is 0 Å². The predicted octanol–water partition coefficient (Wildman–Crippen LogP) is 1.82. The lowest BCUT2D eigenvalue weighted by Crippen LogP contribution is -2.17. The molecule has 0 aromatic heterocycles. The number of amides is 2. The van der Waals surface area contributed by atoms with Gasteiger partial charge in [-0.2, -0.15) is 0 Å². The first-order valence-electron chi connectivity index (χ1n) is 3.44. The average molecular weight is 162 g/mol. The Bertz CT molecular complexity index is 315. The maximum Gasteiger partial charge on any atom is 0.366 e. The molecule has 0 saturated carbocycles. The molecule has 1 aromatic rings. The summed E-state index contributed by atoms with van der Waals surface area (Å²) in [6.45, 7) is 0. The molecule has 0 bridgehead atoms. The minimum absolute atomic E-state index is 0.332. The van der Waals surface area contributed by atoms with Crippen molar-refractivity contribution in [3.05, 3.63) is 30.3 Å². The second-order valence-electron chi connectivity index (χ2n) is 2.26. The van der Waals surface area contributed by atoms with Gasteiger partial charge in [0.25, 0.3) is 0 Å². The van der Waals surface area contributed by atoms with Gasteiger partial charge in [-0.05, 0) is 22.6 Å². The molecule has 5 heteroatoms. The lowest BCUT2D eigenvalue weighted by molar-refractivity contribution is 0.236. The predicted molar refractivity (Wildman–Crippen MR) is 42.2 cm³/mol. The number of para-hydroxylation sites is 1. The Morgan fingerprint density at radius 1 is 1.25 bits per heavy atom. The highest BCUT2D eigenvalue weighted by molar-refractivity contribution is 5.89. The second-order valence-corrected chi connectivity index (χ2v) is 2.26. The van der Waals surface area contributed by atoms with E-state index in [9.17, 15) is 4.79 Å². The van der Waals surface area contributed by atoms with Crippen molar-refractivity contribution in [1.29, 1.82) is 0 Å². The molecule has 1 heterocycles. The Morgan fingerprint density at radius 3 is 2.50 bits per heavy atom. The number of nitrogens with one attached hydrogen (secondary N) is 1. The maximum atomic E-state index is 11.0. The van der Waals surface area contributed by atoms with Gasteiger partial charge in [-0.25, -0.2) is 4.79 Å². The van der Waals surface area contributed by atoms with Crippen molar-refractivity contribution in [2.45, 2.75) is 0 Å². The monoisotopic (exact) mass is 162 g/mol. The highest BCUT2D eigenvalue weighted by atomic mass is 16.2. The van der Waals surface area contributed by atoms with Gasteiger partial charge in [-0.3, -0.25) is 0 Å². The number of urea groups is 1. The van der Waals surface area contributed by atoms with E-state index >= 15 is 0 Å². The third-order valence-corrected chi connectivity index (χ3v) is 1.39. The van der Waals surface area contributed by atoms with Crippen LogP contribution in [0.2, 0.25) is 0 Å². The lowest BCUT2D eigenvalue weighted by Gasteiger charge is -2.00. The van der Waals surface area contributed by atoms with E-state index in [1.54, 1.807) is 12.1 Å². The number of carbonyl (C=O) groups excluding carboxylic acids is 1. The summed E-state index contributed by atoms with van der Waals surface area (Å²) in [5.41, 5.74) is 0.736. The third kappa shape index (κ3) is 1.39. The smallest absolute Gasteiger partial charge is 0.305 e. The average Bonchev–Trinajstić information content (AvgIpc) is 2.88. The Morgan fingerprint density at radius 2 is 1.92 bits per heavy atom. The Balaban J connectivity index is 1.99. The van der Waals surface area contributed by atoms with Crippen LogP contribution in [-0.4, -0.2) is 11.1 Å². The zero-order chi connectivity index (χ0) is 8.39. The number of hydrogen-bond acceptors (Lipinski definition) is 3. The third-order valence-electron chi connectivity index (χ3n) is 1.39. The Kier molecular flexibility index (Phi) is 1.48. The number of nitrogens with zero attached hydrogens (tertiary/aromatic N) is 3. The standard InChI is InChI=1S/C7H6N4O/c12-7(11-9-10-11)8-6-4-2-1-3-5-6/h1-5H,(H,8,12). The van der Waals surface area contributed by atoms with Crippen LogP contribution in [0.1, 0.15) is 0 Å². The van der Waals surface area contributed by atoms with Crippen molar-refractivity contribution in [2.75, 3.05) is 5.32 Å². The number of hydrogen-bond donors (Lipinski definition) is 1. The SMILES string of the molecule is O=C(Nc1ccccc1)N1N=N1. The molecule has 5 nitrogen and oxygen atoms in total. The molecule has 0 aliphatic carbocycles. The summed E-state index contributed by atoms with van der Waals surface area (Å²) in [5, 5.41) is 10.3. The van der Waals surface area contributed by atoms with Gasteiger partial charge in [-0.15, -0.1) is 0 Å². The van der Waals surface area contributed by atoms with Crippen molar-refractivity contribution >= 4 is 11.7 Å². The molecule has 1 aliphatic heterocycles. The fraction of sp³-hybridized carbons (Fsp3) is 0. The fourth-order valence-electron chi connectivity index (χ4n) is 0.796. The van der Waals surface area contributed by atoms with Gasteiger partial charge in [0.05, 0.1) is 0 Å². The van der Waals surface area contributed by atoms with Crippen LogP contribution in [0, 0.1) is 0 Å². The van der Waals surface area contributed by atoms with E-state index < -0.39 is 0 Å². The molecule has 1 aliphatic rings. The van der Waals surface area contributed by atoms with Crippen molar-refractivity contribution < 1.29 is 4.79 Å². The molecule has 1 N–H and O–H groups in total. The summed E-state index contributed by atoms with van der Waals surface area (Å²) in [5.74, 6) is 0. The Labute approximate surface area is 68.6 Å². The van der Waals surface area contributed by atoms with E-state index in [1.807, 2.05) is 18.2 Å². The van der Waals surface area contributed by atoms with E-state index in [0.29, 0.717) is 0 Å². The molecule has 0 radical (unpaired) electrons. The first-order valence-corrected chi connectivity index (χ1v) is 3.44. The van der Waals surface area contributed by atoms with Crippen LogP contribution >= 0.6 is 0 Å². The highest BCUT2D eigenvalue weighted by Gasteiger charge is 2.20. The van der Waals surface area contributed by atoms with Gasteiger partial charge in [0.1, 0.15) is 0 Å². The van der Waals surface area contributed by atoms with E-state index in [4.69, 9.17) is 0 Å². The highest BCUT2D eigenvalue weighted by Crippen LogP contribution is 2.12. The minimum atomic E-state index is -0.332. The van der Waals surface area contributed by atoms with Crippen LogP contribution in [0.3, 0.4) is 0 Å². The lowest BCUT2D eigenvalue weighted by atomic mass is 10.3. The summed E-state index contributed by atoms with van der Waals surface area (Å²) in [6, 6.07) is 8.81. The zero-order valence-corrected chi connectivity index (χ0v) is 6.14. The van der Waals surface area contributed by atoms with Gasteiger partial charge < -0.3 is 5.32 Å². The molecule has 0 unspecified atom stereocenters. The van der Waals surface area contributed by atoms with Gasteiger partial charge >= 0.3 is 6.03 Å². The summed E-state index contributed by atoms with van der Waals surface area (Å²) in [6.07, 6.45) is 0. The molecule has 2 amide bonds. The molecule has 1 aromatic carbocycles. The van der Waals surface area contributed by atoms with Gasteiger partial charge in [0, 0.05) is 5.69 Å². The van der Waals surface area contributed by atoms with Crippen LogP contribution in [0.4, 0.5) is 10.5 Å². The summed E-state index contributed by atoms with van der Waals surface area (Å²) in [7, 11) is 0. The van der Waals surface area contributed by atoms with Crippen LogP contribution in [0.25, 0.3) is 0 Å². The van der Waals surface area contributed by atoms with E-state index in [2.05, 4.69) is 15.8 Å². The number of anilines is 1. The zero-order valence-electron chi connectivity index (χ0n) is 6.14. The minimum Gasteiger partial charge on any atom is -0.305 e. The van der Waals surface area contributed by atoms with E-state index in [-0.39, 0.29) is 6.03 Å². The largest absolute Gasteiger partial charge is 0.366 e. The van der Waals surface area contributed by atoms with Crippen LogP contribution in [0.15, 0.2) is 40.8 Å². The molecule has 0 atom stereocenters. The molecular weight excluding hydrogens is 156 g/mol. The van der Waals surface area contributed by atoms with Gasteiger partial charge in [0.2, 0.25) is 0 Å². The van der Waals surface area contributed by atoms with E-state index in [0.717, 1.165) is 10.8 Å². The second kappa shape index (κ2) is 2.61. The molecule has 60 valence electrons. The first-order chi connectivity index (χ1) is 5.86. The molecule has 0 fully saturated rings. The van der Waals surface area contributed by atoms with Crippen LogP contribution < -0.4 is 5.32 Å². The topological polar surface area (TPSA) is 56.8 Å². The fourth-order valence-corrected chi connectivity index (χ4v) is 0.796. The maximum absolute atomic E-state index is 11.0. The molecule has 0 saturated heterocycles. The summed E-state index contributed by atoms with van der Waals surface area (Å²) >= 11 is 0. The molecule has 2 rings (SSSR count). The van der Waals surface area contributed by atoms with E-state index in [1.165, 1.54) is 0 Å². The molecular formula is C7H6N4O. The number of carbonyl (C=O) groups is 1. The first kappa shape index (κ1) is 6.78. The van der Waals surface area contributed by atoms with Crippen molar-refractivity contribution in [3.8, 4) is 0 Å². The Hall–Kier alpha value is -1.91. The quantitative estimate of drug-likeness (QED) is 0.672. The number of rotatable bonds is 1. The summed E-state index contributed by atoms with van der Waals surface area (Å²) < 4.78 is 0. The normalized spacial score (nSPS) is 12.8. The van der Waals surface area contributed by atoms with Gasteiger partial charge in [-0.1, -0.05) is 23.3 Å². The number of benzene rings is 1.